The molecule has 4 aromatic rings. The highest BCUT2D eigenvalue weighted by molar-refractivity contribution is 7.20. The largest absolute Gasteiger partial charge is 0.504 e. The van der Waals surface area contributed by atoms with Gasteiger partial charge in [0.2, 0.25) is 10.1 Å². The highest BCUT2D eigenvalue weighted by Crippen LogP contribution is 2.30. The predicted molar refractivity (Wildman–Crippen MR) is 102 cm³/mol. The van der Waals surface area contributed by atoms with Crippen molar-refractivity contribution in [3.63, 3.8) is 0 Å². The van der Waals surface area contributed by atoms with Gasteiger partial charge in [0.1, 0.15) is 5.75 Å². The Labute approximate surface area is 159 Å². The normalized spacial score (nSPS) is 10.9. The predicted octanol–water partition coefficient (Wildman–Crippen LogP) is 3.24. The molecule has 2 N–H and O–H groups in total. The molecule has 2 aromatic carbocycles. The molecule has 8 nitrogen and oxygen atoms in total. The molecule has 2 heterocycles. The minimum atomic E-state index is 0.101. The number of rotatable bonds is 6. The molecule has 0 fully saturated rings. The topological polar surface area (TPSA) is 93.8 Å². The highest BCUT2D eigenvalue weighted by atomic mass is 32.1. The van der Waals surface area contributed by atoms with Crippen LogP contribution in [0.2, 0.25) is 0 Å². The number of fused-ring (bicyclic) bond motifs is 1. The quantitative estimate of drug-likeness (QED) is 0.528. The summed E-state index contributed by atoms with van der Waals surface area (Å²) in [4.78, 5) is 0.688. The van der Waals surface area contributed by atoms with E-state index < -0.39 is 0 Å². The first-order chi connectivity index (χ1) is 13.2. The molecule has 0 amide bonds. The summed E-state index contributed by atoms with van der Waals surface area (Å²) in [6, 6.07) is 12.8. The van der Waals surface area contributed by atoms with E-state index in [1.54, 1.807) is 23.8 Å². The number of phenolic OH excluding ortho intramolecular Hbond substituents is 1. The summed E-state index contributed by atoms with van der Waals surface area (Å²) in [6.07, 6.45) is 0.510. The monoisotopic (exact) mass is 383 g/mol. The molecule has 0 aliphatic carbocycles. The van der Waals surface area contributed by atoms with Crippen molar-refractivity contribution in [2.24, 2.45) is 0 Å². The third-order valence-corrected chi connectivity index (χ3v) is 4.82. The van der Waals surface area contributed by atoms with Gasteiger partial charge in [0.15, 0.2) is 17.3 Å². The number of phenols is 1. The van der Waals surface area contributed by atoms with Crippen molar-refractivity contribution >= 4 is 27.1 Å². The standard InChI is InChI=1S/C18H17N5O3S/c1-25-14-6-4-3-5-12(14)19-17-22-23-16(20-21-18(23)27-17)10-11-7-8-13(24)15(9-11)26-2/h3-9,24H,10H2,1-2H3,(H,19,22). The molecule has 0 unspecified atom stereocenters. The summed E-state index contributed by atoms with van der Waals surface area (Å²) in [5.74, 6) is 1.96. The molecular weight excluding hydrogens is 366 g/mol. The zero-order chi connectivity index (χ0) is 18.8. The van der Waals surface area contributed by atoms with Crippen molar-refractivity contribution in [1.82, 2.24) is 19.8 Å². The molecular formula is C18H17N5O3S. The minimum absolute atomic E-state index is 0.101. The lowest BCUT2D eigenvalue weighted by Gasteiger charge is -2.07. The summed E-state index contributed by atoms with van der Waals surface area (Å²) in [5.41, 5.74) is 1.76. The first-order valence-corrected chi connectivity index (χ1v) is 8.96. The van der Waals surface area contributed by atoms with E-state index in [0.29, 0.717) is 28.1 Å². The van der Waals surface area contributed by atoms with Crippen molar-refractivity contribution in [3.05, 3.63) is 53.9 Å². The van der Waals surface area contributed by atoms with Gasteiger partial charge in [-0.05, 0) is 29.8 Å². The van der Waals surface area contributed by atoms with Crippen molar-refractivity contribution in [2.75, 3.05) is 19.5 Å². The van der Waals surface area contributed by atoms with Crippen LogP contribution in [0.4, 0.5) is 10.8 Å². The molecule has 138 valence electrons. The number of nitrogens with one attached hydrogen (secondary N) is 1. The maximum absolute atomic E-state index is 9.73. The van der Waals surface area contributed by atoms with Crippen LogP contribution < -0.4 is 14.8 Å². The lowest BCUT2D eigenvalue weighted by atomic mass is 10.1. The Morgan fingerprint density at radius 3 is 2.70 bits per heavy atom. The number of nitrogens with zero attached hydrogens (tertiary/aromatic N) is 4. The molecule has 27 heavy (non-hydrogen) atoms. The molecule has 0 atom stereocenters. The zero-order valence-corrected chi connectivity index (χ0v) is 15.5. The van der Waals surface area contributed by atoms with E-state index >= 15 is 0 Å². The summed E-state index contributed by atoms with van der Waals surface area (Å²) in [5, 5.41) is 26.7. The molecule has 0 saturated heterocycles. The smallest absolute Gasteiger partial charge is 0.236 e. The van der Waals surface area contributed by atoms with Gasteiger partial charge >= 0.3 is 0 Å². The molecule has 0 spiro atoms. The molecule has 0 saturated carbocycles. The second-order valence-corrected chi connectivity index (χ2v) is 6.68. The van der Waals surface area contributed by atoms with Crippen LogP contribution in [0.1, 0.15) is 11.4 Å². The van der Waals surface area contributed by atoms with Crippen molar-refractivity contribution in [2.45, 2.75) is 6.42 Å². The summed E-state index contributed by atoms with van der Waals surface area (Å²) in [6.45, 7) is 0. The van der Waals surface area contributed by atoms with E-state index in [2.05, 4.69) is 20.6 Å². The Morgan fingerprint density at radius 2 is 1.89 bits per heavy atom. The van der Waals surface area contributed by atoms with Crippen LogP contribution in [0.3, 0.4) is 0 Å². The van der Waals surface area contributed by atoms with Crippen LogP contribution in [0, 0.1) is 0 Å². The van der Waals surface area contributed by atoms with Crippen LogP contribution in [0.15, 0.2) is 42.5 Å². The van der Waals surface area contributed by atoms with E-state index in [4.69, 9.17) is 9.47 Å². The van der Waals surface area contributed by atoms with Crippen LogP contribution in [-0.2, 0) is 6.42 Å². The maximum Gasteiger partial charge on any atom is 0.236 e. The zero-order valence-electron chi connectivity index (χ0n) is 14.7. The van der Waals surface area contributed by atoms with E-state index in [1.807, 2.05) is 30.3 Å². The molecule has 0 aliphatic rings. The molecule has 0 bridgehead atoms. The number of para-hydroxylation sites is 2. The number of aromatic hydroxyl groups is 1. The average molecular weight is 383 g/mol. The van der Waals surface area contributed by atoms with Gasteiger partial charge in [0.25, 0.3) is 0 Å². The van der Waals surface area contributed by atoms with Gasteiger partial charge in [0, 0.05) is 6.42 Å². The number of hydrogen-bond donors (Lipinski definition) is 2. The van der Waals surface area contributed by atoms with Gasteiger partial charge < -0.3 is 19.9 Å². The summed E-state index contributed by atoms with van der Waals surface area (Å²) >= 11 is 1.40. The first-order valence-electron chi connectivity index (χ1n) is 8.15. The van der Waals surface area contributed by atoms with E-state index in [1.165, 1.54) is 18.4 Å². The fraction of sp³-hybridized carbons (Fsp3) is 0.167. The van der Waals surface area contributed by atoms with Crippen LogP contribution in [0.25, 0.3) is 4.96 Å². The van der Waals surface area contributed by atoms with Crippen molar-refractivity contribution < 1.29 is 14.6 Å². The van der Waals surface area contributed by atoms with Gasteiger partial charge in [-0.2, -0.15) is 4.52 Å². The van der Waals surface area contributed by atoms with Gasteiger partial charge in [-0.15, -0.1) is 15.3 Å². The SMILES string of the molecule is COc1cc(Cc2nnc3sc(Nc4ccccc4OC)nn23)ccc1O. The highest BCUT2D eigenvalue weighted by Gasteiger charge is 2.14. The van der Waals surface area contributed by atoms with Gasteiger partial charge in [0.05, 0.1) is 19.9 Å². The molecule has 0 radical (unpaired) electrons. The summed E-state index contributed by atoms with van der Waals surface area (Å²) < 4.78 is 12.2. The van der Waals surface area contributed by atoms with Gasteiger partial charge in [-0.25, -0.2) is 0 Å². The van der Waals surface area contributed by atoms with Crippen molar-refractivity contribution in [1.29, 1.82) is 0 Å². The number of aromatic nitrogens is 4. The fourth-order valence-electron chi connectivity index (χ4n) is 2.70. The fourth-order valence-corrected chi connectivity index (χ4v) is 3.47. The third-order valence-electron chi connectivity index (χ3n) is 4.01. The first kappa shape index (κ1) is 17.1. The number of benzene rings is 2. The summed E-state index contributed by atoms with van der Waals surface area (Å²) in [7, 11) is 3.15. The van der Waals surface area contributed by atoms with E-state index in [0.717, 1.165) is 17.0 Å². The second kappa shape index (κ2) is 7.12. The Kier molecular flexibility index (Phi) is 4.51. The van der Waals surface area contributed by atoms with Gasteiger partial charge in [-0.1, -0.05) is 29.5 Å². The maximum atomic E-state index is 9.73. The molecule has 9 heteroatoms. The molecule has 4 rings (SSSR count). The van der Waals surface area contributed by atoms with Gasteiger partial charge in [-0.3, -0.25) is 0 Å². The average Bonchev–Trinajstić information content (AvgIpc) is 3.25. The Bertz CT molecular complexity index is 1090. The van der Waals surface area contributed by atoms with E-state index in [-0.39, 0.29) is 5.75 Å². The Balaban J connectivity index is 1.61. The number of ether oxygens (including phenoxy) is 2. The van der Waals surface area contributed by atoms with E-state index in [9.17, 15) is 5.11 Å². The van der Waals surface area contributed by atoms with Crippen LogP contribution in [0.5, 0.6) is 17.2 Å². The number of anilines is 2. The second-order valence-electron chi connectivity index (χ2n) is 5.73. The Hall–Kier alpha value is -3.33. The lowest BCUT2D eigenvalue weighted by Crippen LogP contribution is -1.99. The van der Waals surface area contributed by atoms with Crippen molar-refractivity contribution in [3.8, 4) is 17.2 Å². The lowest BCUT2D eigenvalue weighted by molar-refractivity contribution is 0.373. The van der Waals surface area contributed by atoms with Crippen LogP contribution in [-0.4, -0.2) is 39.1 Å². The Morgan fingerprint density at radius 1 is 1.07 bits per heavy atom. The van der Waals surface area contributed by atoms with Crippen LogP contribution >= 0.6 is 11.3 Å². The molecule has 0 aliphatic heterocycles. The third kappa shape index (κ3) is 3.36. The number of methoxy groups -OCH3 is 2. The minimum Gasteiger partial charge on any atom is -0.504 e. The molecule has 2 aromatic heterocycles. The number of hydrogen-bond acceptors (Lipinski definition) is 8.